The molecule has 222 valence electrons. The lowest BCUT2D eigenvalue weighted by atomic mass is 9.41. The lowest BCUT2D eigenvalue weighted by Crippen LogP contribution is -2.58. The highest BCUT2D eigenvalue weighted by atomic mass is 16.6. The van der Waals surface area contributed by atoms with Gasteiger partial charge in [-0.1, -0.05) is 34.6 Å². The van der Waals surface area contributed by atoms with E-state index in [9.17, 15) is 10.2 Å². The number of rotatable bonds is 4. The molecule has 40 heavy (non-hydrogen) atoms. The Bertz CT molecular complexity index is 1150. The van der Waals surface area contributed by atoms with Crippen LogP contribution in [0.3, 0.4) is 0 Å². The topological polar surface area (TPSA) is 84.7 Å². The number of aromatic nitrogens is 2. The maximum Gasteiger partial charge on any atom is 0.316 e. The second-order valence-electron chi connectivity index (χ2n) is 16.8. The summed E-state index contributed by atoms with van der Waals surface area (Å²) < 4.78 is 13.3. The van der Waals surface area contributed by atoms with E-state index in [1.165, 1.54) is 38.5 Å². The van der Waals surface area contributed by atoms with E-state index in [-0.39, 0.29) is 34.6 Å². The van der Waals surface area contributed by atoms with Crippen LogP contribution in [0, 0.1) is 50.7 Å². The Morgan fingerprint density at radius 1 is 0.975 bits per heavy atom. The zero-order chi connectivity index (χ0) is 28.5. The first kappa shape index (κ1) is 27.6. The Hall–Kier alpha value is -1.24. The van der Waals surface area contributed by atoms with E-state index in [1.54, 1.807) is 18.5 Å². The normalized spacial score (nSPS) is 51.4. The molecule has 5 saturated carbocycles. The summed E-state index contributed by atoms with van der Waals surface area (Å²) in [5, 5.41) is 22.2. The van der Waals surface area contributed by atoms with Gasteiger partial charge in [-0.15, -0.1) is 0 Å². The Morgan fingerprint density at radius 3 is 2.35 bits per heavy atom. The number of aliphatic hydroxyl groups excluding tert-OH is 1. The first-order valence-electron chi connectivity index (χ1n) is 16.2. The van der Waals surface area contributed by atoms with Crippen LogP contribution in [-0.4, -0.2) is 50.2 Å². The summed E-state index contributed by atoms with van der Waals surface area (Å²) in [4.78, 5) is 8.56. The zero-order valence-corrected chi connectivity index (χ0v) is 25.8. The number of nitrogens with zero attached hydrogens (tertiary/aromatic N) is 2. The second kappa shape index (κ2) is 8.44. The lowest BCUT2D eigenvalue weighted by molar-refractivity contribution is -0.188. The minimum Gasteiger partial charge on any atom is -0.454 e. The van der Waals surface area contributed by atoms with E-state index in [2.05, 4.69) is 44.6 Å². The van der Waals surface area contributed by atoms with Gasteiger partial charge in [0.1, 0.15) is 0 Å². The van der Waals surface area contributed by atoms with Crippen molar-refractivity contribution in [1.29, 1.82) is 0 Å². The number of hydrogen-bond acceptors (Lipinski definition) is 6. The van der Waals surface area contributed by atoms with Gasteiger partial charge in [-0.25, -0.2) is 9.97 Å². The van der Waals surface area contributed by atoms with Gasteiger partial charge in [-0.3, -0.25) is 0 Å². The van der Waals surface area contributed by atoms with E-state index in [0.29, 0.717) is 34.6 Å². The molecule has 1 saturated heterocycles. The van der Waals surface area contributed by atoms with Gasteiger partial charge in [0.05, 0.1) is 23.9 Å². The van der Waals surface area contributed by atoms with Gasteiger partial charge < -0.3 is 19.7 Å². The molecular formula is C34H52N2O4. The van der Waals surface area contributed by atoms with E-state index in [0.717, 1.165) is 25.2 Å². The van der Waals surface area contributed by atoms with Gasteiger partial charge in [0.25, 0.3) is 0 Å². The van der Waals surface area contributed by atoms with Crippen molar-refractivity contribution in [1.82, 2.24) is 9.97 Å². The summed E-state index contributed by atoms with van der Waals surface area (Å²) in [6, 6.07) is 2.07. The molecule has 6 heteroatoms. The van der Waals surface area contributed by atoms with E-state index in [4.69, 9.17) is 9.47 Å². The molecular weight excluding hydrogens is 500 g/mol. The number of ether oxygens (including phenoxy) is 2. The minimum atomic E-state index is -1.09. The molecule has 0 radical (unpaired) electrons. The molecule has 0 bridgehead atoms. The smallest absolute Gasteiger partial charge is 0.316 e. The van der Waals surface area contributed by atoms with Gasteiger partial charge in [0.15, 0.2) is 6.10 Å². The Kier molecular flexibility index (Phi) is 5.82. The molecule has 6 nitrogen and oxygen atoms in total. The summed E-state index contributed by atoms with van der Waals surface area (Å²) >= 11 is 0. The molecule has 1 aromatic rings. The summed E-state index contributed by atoms with van der Waals surface area (Å²) in [5.74, 6) is 2.41. The van der Waals surface area contributed by atoms with Crippen LogP contribution in [0.5, 0.6) is 6.01 Å². The number of hydrogen-bond donors (Lipinski definition) is 2. The Balaban J connectivity index is 1.18. The van der Waals surface area contributed by atoms with Crippen LogP contribution in [-0.2, 0) is 4.74 Å². The summed E-state index contributed by atoms with van der Waals surface area (Å²) in [6.07, 6.45) is 13.4. The predicted octanol–water partition coefficient (Wildman–Crippen LogP) is 6.20. The summed E-state index contributed by atoms with van der Waals surface area (Å²) in [7, 11) is 0. The van der Waals surface area contributed by atoms with Crippen molar-refractivity contribution in [3.05, 3.63) is 18.5 Å². The van der Waals surface area contributed by atoms with Crippen molar-refractivity contribution in [3.8, 4) is 6.01 Å². The average Bonchev–Trinajstić information content (AvgIpc) is 3.48. The Labute approximate surface area is 241 Å². The third kappa shape index (κ3) is 3.39. The van der Waals surface area contributed by atoms with Crippen molar-refractivity contribution < 1.29 is 19.7 Å². The van der Waals surface area contributed by atoms with Crippen molar-refractivity contribution in [2.45, 2.75) is 136 Å². The quantitative estimate of drug-likeness (QED) is 0.463. The number of aliphatic hydroxyl groups is 2. The standard InChI is InChI=1S/C34H52N2O4/c1-20-17-21(27(30(4,5)38)40-28-35-15-8-16-36-28)39-22-18-32(7)24-10-9-23-29(2,3)25(37)11-12-33(23)19-34(24,33)14-13-31(32,6)26(20)22/h8,15-16,20-27,37-38H,9-14,17-19H2,1-7H3/t20-,21?,22?,23?,24?,25?,26?,27?,31?,32+,33?,34?/m1/s1. The molecule has 2 heterocycles. The first-order valence-corrected chi connectivity index (χ1v) is 16.2. The van der Waals surface area contributed by atoms with E-state index in [1.807, 2.05) is 13.8 Å². The average molecular weight is 553 g/mol. The molecule has 2 spiro atoms. The van der Waals surface area contributed by atoms with Crippen LogP contribution < -0.4 is 4.74 Å². The van der Waals surface area contributed by atoms with Gasteiger partial charge in [-0.05, 0) is 128 Å². The molecule has 10 unspecified atom stereocenters. The van der Waals surface area contributed by atoms with E-state index >= 15 is 0 Å². The minimum absolute atomic E-state index is 0.0253. The fourth-order valence-electron chi connectivity index (χ4n) is 12.7. The summed E-state index contributed by atoms with van der Waals surface area (Å²) in [5.41, 5.74) is 0.342. The monoisotopic (exact) mass is 552 g/mol. The highest BCUT2D eigenvalue weighted by Crippen LogP contribution is 2.89. The summed E-state index contributed by atoms with van der Waals surface area (Å²) in [6.45, 7) is 16.0. The molecule has 6 aliphatic rings. The van der Waals surface area contributed by atoms with Crippen LogP contribution in [0.25, 0.3) is 0 Å². The molecule has 1 aliphatic heterocycles. The molecule has 0 aromatic carbocycles. The lowest BCUT2D eigenvalue weighted by Gasteiger charge is -2.63. The van der Waals surface area contributed by atoms with Crippen molar-refractivity contribution in [2.24, 2.45) is 50.7 Å². The van der Waals surface area contributed by atoms with Gasteiger partial charge in [0, 0.05) is 12.4 Å². The molecule has 0 amide bonds. The van der Waals surface area contributed by atoms with Crippen LogP contribution in [0.2, 0.25) is 0 Å². The van der Waals surface area contributed by atoms with Crippen molar-refractivity contribution in [3.63, 3.8) is 0 Å². The highest BCUT2D eigenvalue weighted by Gasteiger charge is 2.83. The molecule has 1 aromatic heterocycles. The van der Waals surface area contributed by atoms with Crippen LogP contribution in [0.1, 0.15) is 106 Å². The zero-order valence-electron chi connectivity index (χ0n) is 25.8. The maximum absolute atomic E-state index is 11.2. The molecule has 2 N–H and O–H groups in total. The van der Waals surface area contributed by atoms with Crippen LogP contribution in [0.15, 0.2) is 18.5 Å². The molecule has 5 aliphatic carbocycles. The van der Waals surface area contributed by atoms with Gasteiger partial charge in [0.2, 0.25) is 0 Å². The largest absolute Gasteiger partial charge is 0.454 e. The third-order valence-corrected chi connectivity index (χ3v) is 14.5. The molecule has 7 rings (SSSR count). The molecule has 12 atom stereocenters. The Morgan fingerprint density at radius 2 is 1.65 bits per heavy atom. The SMILES string of the molecule is C[C@@H]1CC(C(Oc2ncccn2)C(C)(C)O)OC2C[C@@]3(C)C4CCC5C(C)(C)C(O)CCC56CC46CCC3(C)C21. The second-order valence-corrected chi connectivity index (χ2v) is 16.8. The first-order chi connectivity index (χ1) is 18.7. The van der Waals surface area contributed by atoms with Gasteiger partial charge in [-0.2, -0.15) is 0 Å². The predicted molar refractivity (Wildman–Crippen MR) is 153 cm³/mol. The van der Waals surface area contributed by atoms with Crippen LogP contribution >= 0.6 is 0 Å². The fourth-order valence-corrected chi connectivity index (χ4v) is 12.7. The van der Waals surface area contributed by atoms with Crippen LogP contribution in [0.4, 0.5) is 0 Å². The number of fused-ring (bicyclic) bond motifs is 4. The van der Waals surface area contributed by atoms with Crippen molar-refractivity contribution in [2.75, 3.05) is 0 Å². The molecule has 6 fully saturated rings. The van der Waals surface area contributed by atoms with Crippen molar-refractivity contribution >= 4 is 0 Å². The van der Waals surface area contributed by atoms with Gasteiger partial charge >= 0.3 is 6.01 Å². The fraction of sp³-hybridized carbons (Fsp3) is 0.882. The highest BCUT2D eigenvalue weighted by molar-refractivity contribution is 5.31. The maximum atomic E-state index is 11.2. The van der Waals surface area contributed by atoms with E-state index < -0.39 is 11.7 Å². The third-order valence-electron chi connectivity index (χ3n) is 14.5.